The zero-order valence-corrected chi connectivity index (χ0v) is 30.3. The molecular weight excluding hydrogens is 738 g/mol. The van der Waals surface area contributed by atoms with Gasteiger partial charge in [0.15, 0.2) is 0 Å². The van der Waals surface area contributed by atoms with E-state index in [0.717, 1.165) is 68.2 Å². The van der Waals surface area contributed by atoms with Crippen molar-refractivity contribution < 1.29 is 62.6 Å². The van der Waals surface area contributed by atoms with Crippen LogP contribution in [0.4, 0.5) is 0 Å². The highest BCUT2D eigenvalue weighted by atomic mass is 16.4. The molecule has 3 N–H and O–H groups in total. The van der Waals surface area contributed by atoms with E-state index < -0.39 is 89.5 Å². The zero-order valence-electron chi connectivity index (χ0n) is 30.3. The first-order valence-corrected chi connectivity index (χ1v) is 17.9. The van der Waals surface area contributed by atoms with E-state index in [2.05, 4.69) is 10.6 Å². The molecule has 20 nitrogen and oxygen atoms in total. The Hall–Kier alpha value is -6.60. The van der Waals surface area contributed by atoms with Crippen LogP contribution in [0.25, 0.3) is 0 Å². The second-order valence-corrected chi connectivity index (χ2v) is 13.1. The van der Waals surface area contributed by atoms with Crippen molar-refractivity contribution >= 4 is 70.9 Å². The number of rotatable bonds is 23. The Labute approximate surface area is 319 Å². The largest absolute Gasteiger partial charge is 0.481 e. The number of aliphatic carboxylic acids is 1. The molecule has 0 bridgehead atoms. The van der Waals surface area contributed by atoms with E-state index in [1.165, 1.54) is 4.90 Å². The van der Waals surface area contributed by atoms with Crippen LogP contribution < -0.4 is 10.6 Å². The van der Waals surface area contributed by atoms with Gasteiger partial charge in [0.1, 0.15) is 0 Å². The fourth-order valence-electron chi connectivity index (χ4n) is 6.29. The molecule has 11 amide bonds. The van der Waals surface area contributed by atoms with Crippen molar-refractivity contribution in [3.05, 3.63) is 48.6 Å². The number of nitrogens with one attached hydrogen (secondary N) is 2. The van der Waals surface area contributed by atoms with Gasteiger partial charge in [-0.25, -0.2) is 0 Å². The molecule has 2 unspecified atom stereocenters. The normalized spacial score (nSPS) is 17.3. The van der Waals surface area contributed by atoms with Gasteiger partial charge in [-0.1, -0.05) is 0 Å². The first-order valence-electron chi connectivity index (χ1n) is 17.9. The molecule has 0 aromatic heterocycles. The van der Waals surface area contributed by atoms with Gasteiger partial charge in [-0.05, 0) is 25.7 Å². The minimum Gasteiger partial charge on any atom is -0.481 e. The van der Waals surface area contributed by atoms with Gasteiger partial charge >= 0.3 is 5.97 Å². The summed E-state index contributed by atoms with van der Waals surface area (Å²) in [7, 11) is 0. The van der Waals surface area contributed by atoms with Crippen LogP contribution in [-0.4, -0.2) is 152 Å². The summed E-state index contributed by atoms with van der Waals surface area (Å²) in [5.41, 5.74) is 0. The number of nitrogens with zero attached hydrogens (tertiary/aromatic N) is 5. The van der Waals surface area contributed by atoms with Gasteiger partial charge in [0, 0.05) is 94.0 Å². The Balaban J connectivity index is 1.22. The minimum absolute atomic E-state index is 0.0464. The van der Waals surface area contributed by atoms with E-state index in [4.69, 9.17) is 5.11 Å². The molecule has 0 aromatic carbocycles. The number of hydrogen-bond acceptors (Lipinski definition) is 12. The average molecular weight is 780 g/mol. The number of amides is 11. The van der Waals surface area contributed by atoms with Crippen molar-refractivity contribution in [1.29, 1.82) is 0 Å². The van der Waals surface area contributed by atoms with Crippen LogP contribution in [0.3, 0.4) is 0 Å². The highest BCUT2D eigenvalue weighted by Crippen LogP contribution is 2.19. The summed E-state index contributed by atoms with van der Waals surface area (Å²) in [6.07, 6.45) is 7.90. The maximum atomic E-state index is 12.8. The monoisotopic (exact) mass is 779 g/mol. The Morgan fingerprint density at radius 2 is 0.857 bits per heavy atom. The van der Waals surface area contributed by atoms with E-state index in [-0.39, 0.29) is 84.2 Å². The topological polar surface area (TPSA) is 265 Å². The smallest absolute Gasteiger partial charge is 0.303 e. The molecule has 298 valence electrons. The summed E-state index contributed by atoms with van der Waals surface area (Å²) in [5, 5.41) is 14.4. The SMILES string of the molecule is O=C(O)CCC(=O)N(CCCNC(=O)CCC(CN1C(=O)C=CC1=O)N1C(=O)C=CC1=O)CCCNC(=O)CCC(CN1C(=O)C=CC1=O)N1C(=O)C=CC1=O. The maximum Gasteiger partial charge on any atom is 0.303 e. The zero-order chi connectivity index (χ0) is 40.9. The molecule has 4 heterocycles. The second-order valence-electron chi connectivity index (χ2n) is 13.1. The fraction of sp³-hybridized carbons (Fsp3) is 0.444. The van der Waals surface area contributed by atoms with Crippen LogP contribution >= 0.6 is 0 Å². The number of carboxylic acids is 1. The summed E-state index contributed by atoms with van der Waals surface area (Å²) >= 11 is 0. The number of hydrogen-bond donors (Lipinski definition) is 3. The van der Waals surface area contributed by atoms with Crippen LogP contribution in [0.15, 0.2) is 48.6 Å². The van der Waals surface area contributed by atoms with Crippen LogP contribution in [-0.2, 0) is 57.5 Å². The number of carbonyl (C=O) groups is 12. The first kappa shape index (κ1) is 42.1. The van der Waals surface area contributed by atoms with E-state index in [1.54, 1.807) is 0 Å². The Bertz CT molecular complexity index is 1630. The Morgan fingerprint density at radius 1 is 0.518 bits per heavy atom. The highest BCUT2D eigenvalue weighted by molar-refractivity contribution is 6.15. The quantitative estimate of drug-likeness (QED) is 0.0728. The predicted octanol–water partition coefficient (Wildman–Crippen LogP) is -2.31. The van der Waals surface area contributed by atoms with Crippen LogP contribution in [0, 0.1) is 0 Å². The molecule has 56 heavy (non-hydrogen) atoms. The van der Waals surface area contributed by atoms with E-state index >= 15 is 0 Å². The van der Waals surface area contributed by atoms with Gasteiger partial charge in [0.2, 0.25) is 17.7 Å². The van der Waals surface area contributed by atoms with Crippen LogP contribution in [0.1, 0.15) is 51.4 Å². The van der Waals surface area contributed by atoms with Gasteiger partial charge in [-0.3, -0.25) is 77.1 Å². The molecule has 0 saturated heterocycles. The summed E-state index contributed by atoms with van der Waals surface area (Å²) in [6, 6.07) is -1.90. The standard InChI is InChI=1S/C36H41N7O13/c44-25(5-3-23(42-32(51)11-12-33(42)52)21-40-28(47)7-8-29(40)48)37-17-1-19-39(27(46)15-16-36(55)56)20-2-18-38-26(45)6-4-24(43-34(53)13-14-35(43)54)22-41-30(49)9-10-31(41)50/h7-14,23-24H,1-6,15-22H2,(H,37,44)(H,38,45)(H,55,56). The van der Waals surface area contributed by atoms with E-state index in [9.17, 15) is 57.5 Å². The molecule has 4 aliphatic heterocycles. The molecule has 20 heteroatoms. The highest BCUT2D eigenvalue weighted by Gasteiger charge is 2.37. The molecule has 0 radical (unpaired) electrons. The number of carboxylic acid groups (broad SMARTS) is 1. The molecule has 2 atom stereocenters. The van der Waals surface area contributed by atoms with Crippen molar-refractivity contribution in [3.8, 4) is 0 Å². The van der Waals surface area contributed by atoms with E-state index in [1.807, 2.05) is 0 Å². The molecule has 0 fully saturated rings. The van der Waals surface area contributed by atoms with Crippen molar-refractivity contribution in [2.75, 3.05) is 39.3 Å². The lowest BCUT2D eigenvalue weighted by atomic mass is 10.1. The van der Waals surface area contributed by atoms with Gasteiger partial charge in [-0.15, -0.1) is 0 Å². The van der Waals surface area contributed by atoms with Crippen molar-refractivity contribution in [3.63, 3.8) is 0 Å². The summed E-state index contributed by atoms with van der Waals surface area (Å²) < 4.78 is 0. The van der Waals surface area contributed by atoms with E-state index in [0.29, 0.717) is 0 Å². The maximum absolute atomic E-state index is 12.8. The minimum atomic E-state index is -1.17. The fourth-order valence-corrected chi connectivity index (χ4v) is 6.29. The molecule has 4 aliphatic rings. The summed E-state index contributed by atoms with van der Waals surface area (Å²) in [4.78, 5) is 152. The Kier molecular flexibility index (Phi) is 14.8. The summed E-state index contributed by atoms with van der Waals surface area (Å²) in [5.74, 6) is -7.52. The van der Waals surface area contributed by atoms with Crippen LogP contribution in [0.2, 0.25) is 0 Å². The lowest BCUT2D eigenvalue weighted by Crippen LogP contribution is -2.49. The van der Waals surface area contributed by atoms with Crippen molar-refractivity contribution in [2.24, 2.45) is 0 Å². The third-order valence-corrected chi connectivity index (χ3v) is 9.17. The Morgan fingerprint density at radius 3 is 1.20 bits per heavy atom. The molecule has 0 spiro atoms. The first-order chi connectivity index (χ1) is 26.7. The van der Waals surface area contributed by atoms with Gasteiger partial charge in [0.05, 0.1) is 31.6 Å². The average Bonchev–Trinajstić information content (AvgIpc) is 3.88. The van der Waals surface area contributed by atoms with Crippen molar-refractivity contribution in [1.82, 2.24) is 35.1 Å². The van der Waals surface area contributed by atoms with Crippen LogP contribution in [0.5, 0.6) is 0 Å². The lowest BCUT2D eigenvalue weighted by Gasteiger charge is -2.29. The number of carbonyl (C=O) groups excluding carboxylic acids is 11. The second kappa shape index (κ2) is 19.6. The third-order valence-electron chi connectivity index (χ3n) is 9.17. The molecule has 0 aromatic rings. The number of imide groups is 4. The van der Waals surface area contributed by atoms with Crippen molar-refractivity contribution in [2.45, 2.75) is 63.5 Å². The van der Waals surface area contributed by atoms with Gasteiger partial charge < -0.3 is 20.6 Å². The van der Waals surface area contributed by atoms with Gasteiger partial charge in [0.25, 0.3) is 47.3 Å². The molecule has 4 rings (SSSR count). The predicted molar refractivity (Wildman–Crippen MR) is 188 cm³/mol. The molecule has 0 saturated carbocycles. The molecular formula is C36H41N7O13. The van der Waals surface area contributed by atoms with Gasteiger partial charge in [-0.2, -0.15) is 0 Å². The molecule has 0 aliphatic carbocycles. The summed E-state index contributed by atoms with van der Waals surface area (Å²) in [6.45, 7) is -0.124. The lowest BCUT2D eigenvalue weighted by molar-refractivity contribution is -0.145. The third kappa shape index (κ3) is 11.5.